The summed E-state index contributed by atoms with van der Waals surface area (Å²) in [4.78, 5) is 6.68. The van der Waals surface area contributed by atoms with E-state index in [0.29, 0.717) is 10.5 Å². The topological polar surface area (TPSA) is 39.9 Å². The summed E-state index contributed by atoms with van der Waals surface area (Å²) in [7, 11) is 0. The number of hydrogen-bond donors (Lipinski definition) is 0. The van der Waals surface area contributed by atoms with Crippen LogP contribution in [0.5, 0.6) is 0 Å². The lowest BCUT2D eigenvalue weighted by Crippen LogP contribution is -2.19. The molecule has 0 aliphatic carbocycles. The van der Waals surface area contributed by atoms with Gasteiger partial charge in [0.05, 0.1) is 0 Å². The Morgan fingerprint density at radius 1 is 1.62 bits per heavy atom. The minimum absolute atomic E-state index is 0.390. The first-order valence-electron chi connectivity index (χ1n) is 4.40. The second-order valence-corrected chi connectivity index (χ2v) is 4.68. The molecule has 0 saturated heterocycles. The molecule has 1 heterocycles. The molecule has 0 saturated carbocycles. The van der Waals surface area contributed by atoms with Gasteiger partial charge in [-0.15, -0.1) is 11.5 Å². The molecule has 1 aromatic heterocycles. The third kappa shape index (κ3) is 2.08. The van der Waals surface area contributed by atoms with Crippen LogP contribution in [0.2, 0.25) is 5.02 Å². The van der Waals surface area contributed by atoms with Gasteiger partial charge in [-0.1, -0.05) is 16.4 Å². The third-order valence-electron chi connectivity index (χ3n) is 2.02. The Bertz CT molecular complexity index is 575. The first-order chi connectivity index (χ1) is 7.61. The standard InChI is InChI=1S/C10H7ClIN3O/c1-3-10(12)16-15-9-4-6(2)7(11)5-8(9)13-14-15/h1,4-5,10H,2H3. The number of fused-ring (bicyclic) bond motifs is 1. The smallest absolute Gasteiger partial charge is 0.236 e. The largest absolute Gasteiger partial charge is 0.368 e. The van der Waals surface area contributed by atoms with Gasteiger partial charge < -0.3 is 4.84 Å². The van der Waals surface area contributed by atoms with Crippen LogP contribution in [0.25, 0.3) is 11.0 Å². The highest BCUT2D eigenvalue weighted by molar-refractivity contribution is 14.1. The van der Waals surface area contributed by atoms with E-state index in [1.807, 2.05) is 35.6 Å². The van der Waals surface area contributed by atoms with E-state index >= 15 is 0 Å². The molecule has 0 bridgehead atoms. The monoisotopic (exact) mass is 347 g/mol. The highest BCUT2D eigenvalue weighted by atomic mass is 127. The van der Waals surface area contributed by atoms with Crippen molar-refractivity contribution in [3.8, 4) is 12.3 Å². The second-order valence-electron chi connectivity index (χ2n) is 3.14. The molecule has 2 aromatic rings. The van der Waals surface area contributed by atoms with Gasteiger partial charge in [-0.05, 0) is 58.3 Å². The molecule has 16 heavy (non-hydrogen) atoms. The van der Waals surface area contributed by atoms with Crippen LogP contribution in [-0.4, -0.2) is 19.3 Å². The maximum atomic E-state index is 5.98. The Kier molecular flexibility index (Phi) is 3.21. The number of halogens is 2. The van der Waals surface area contributed by atoms with Crippen molar-refractivity contribution in [3.63, 3.8) is 0 Å². The molecule has 0 aliphatic rings. The Morgan fingerprint density at radius 2 is 2.38 bits per heavy atom. The Labute approximate surface area is 111 Å². The predicted molar refractivity (Wildman–Crippen MR) is 70.5 cm³/mol. The molecule has 6 heteroatoms. The SMILES string of the molecule is C#CC(I)On1nnc2cc(Cl)c(C)cc21. The van der Waals surface area contributed by atoms with Crippen LogP contribution < -0.4 is 4.84 Å². The maximum Gasteiger partial charge on any atom is 0.236 e. The van der Waals surface area contributed by atoms with E-state index in [2.05, 4.69) is 16.2 Å². The summed E-state index contributed by atoms with van der Waals surface area (Å²) in [6, 6.07) is 3.61. The molecular formula is C10H7ClIN3O. The fraction of sp³-hybridized carbons (Fsp3) is 0.200. The number of aryl methyl sites for hydroxylation is 1. The van der Waals surface area contributed by atoms with Crippen LogP contribution in [0, 0.1) is 19.3 Å². The van der Waals surface area contributed by atoms with Crippen molar-refractivity contribution in [2.24, 2.45) is 0 Å². The van der Waals surface area contributed by atoms with Gasteiger partial charge in [-0.2, -0.15) is 0 Å². The van der Waals surface area contributed by atoms with Crippen molar-refractivity contribution in [3.05, 3.63) is 22.7 Å². The van der Waals surface area contributed by atoms with Crippen LogP contribution in [0.15, 0.2) is 12.1 Å². The number of rotatable bonds is 2. The van der Waals surface area contributed by atoms with Gasteiger partial charge in [0.2, 0.25) is 4.11 Å². The number of nitrogens with zero attached hydrogens (tertiary/aromatic N) is 3. The third-order valence-corrected chi connectivity index (χ3v) is 3.01. The number of hydrogen-bond acceptors (Lipinski definition) is 3. The van der Waals surface area contributed by atoms with Crippen molar-refractivity contribution in [1.82, 2.24) is 15.2 Å². The van der Waals surface area contributed by atoms with Crippen LogP contribution in [-0.2, 0) is 0 Å². The summed E-state index contributed by atoms with van der Waals surface area (Å²) in [6.07, 6.45) is 5.22. The molecule has 0 fully saturated rings. The molecule has 0 radical (unpaired) electrons. The lowest BCUT2D eigenvalue weighted by Gasteiger charge is -2.06. The number of benzene rings is 1. The van der Waals surface area contributed by atoms with Gasteiger partial charge in [0.25, 0.3) is 0 Å². The molecule has 1 atom stereocenters. The number of aromatic nitrogens is 3. The molecule has 0 amide bonds. The Balaban J connectivity index is 2.49. The van der Waals surface area contributed by atoms with Gasteiger partial charge in [0.15, 0.2) is 0 Å². The van der Waals surface area contributed by atoms with E-state index in [0.717, 1.165) is 11.1 Å². The molecule has 0 aliphatic heterocycles. The minimum atomic E-state index is -0.390. The first-order valence-corrected chi connectivity index (χ1v) is 6.03. The predicted octanol–water partition coefficient (Wildman–Crippen LogP) is 2.22. The maximum absolute atomic E-state index is 5.98. The molecular weight excluding hydrogens is 340 g/mol. The van der Waals surface area contributed by atoms with Crippen LogP contribution in [0.4, 0.5) is 0 Å². The summed E-state index contributed by atoms with van der Waals surface area (Å²) in [5.41, 5.74) is 2.36. The molecule has 2 rings (SSSR count). The minimum Gasteiger partial charge on any atom is -0.368 e. The highest BCUT2D eigenvalue weighted by Gasteiger charge is 2.10. The quantitative estimate of drug-likeness (QED) is 0.475. The zero-order valence-corrected chi connectivity index (χ0v) is 11.2. The zero-order valence-electron chi connectivity index (χ0n) is 8.32. The van der Waals surface area contributed by atoms with E-state index < -0.39 is 4.11 Å². The Hall–Kier alpha value is -1.00. The van der Waals surface area contributed by atoms with Crippen molar-refractivity contribution in [2.45, 2.75) is 11.0 Å². The summed E-state index contributed by atoms with van der Waals surface area (Å²) in [5, 5.41) is 8.45. The van der Waals surface area contributed by atoms with Crippen molar-refractivity contribution in [1.29, 1.82) is 0 Å². The zero-order chi connectivity index (χ0) is 11.7. The molecule has 0 N–H and O–H groups in total. The molecule has 1 unspecified atom stereocenters. The molecule has 4 nitrogen and oxygen atoms in total. The number of alkyl halides is 1. The lowest BCUT2D eigenvalue weighted by atomic mass is 10.2. The molecule has 0 spiro atoms. The summed E-state index contributed by atoms with van der Waals surface area (Å²) in [5.74, 6) is 2.44. The van der Waals surface area contributed by atoms with Crippen molar-refractivity contribution >= 4 is 45.2 Å². The van der Waals surface area contributed by atoms with Gasteiger partial charge in [-0.25, -0.2) is 0 Å². The van der Waals surface area contributed by atoms with Crippen molar-refractivity contribution < 1.29 is 4.84 Å². The van der Waals surface area contributed by atoms with Gasteiger partial charge in [-0.3, -0.25) is 0 Å². The van der Waals surface area contributed by atoms with E-state index in [1.54, 1.807) is 6.07 Å². The summed E-state index contributed by atoms with van der Waals surface area (Å²) >= 11 is 7.96. The fourth-order valence-corrected chi connectivity index (χ4v) is 1.60. The average molecular weight is 348 g/mol. The van der Waals surface area contributed by atoms with E-state index in [4.69, 9.17) is 22.9 Å². The summed E-state index contributed by atoms with van der Waals surface area (Å²) in [6.45, 7) is 1.90. The lowest BCUT2D eigenvalue weighted by molar-refractivity contribution is 0.104. The molecule has 82 valence electrons. The van der Waals surface area contributed by atoms with Crippen LogP contribution in [0.3, 0.4) is 0 Å². The van der Waals surface area contributed by atoms with Gasteiger partial charge in [0, 0.05) is 5.02 Å². The first kappa shape index (κ1) is 11.5. The normalized spacial score (nSPS) is 12.4. The van der Waals surface area contributed by atoms with Crippen molar-refractivity contribution in [2.75, 3.05) is 0 Å². The van der Waals surface area contributed by atoms with Gasteiger partial charge >= 0.3 is 0 Å². The fourth-order valence-electron chi connectivity index (χ4n) is 1.22. The van der Waals surface area contributed by atoms with E-state index in [-0.39, 0.29) is 0 Å². The second kappa shape index (κ2) is 4.47. The highest BCUT2D eigenvalue weighted by Crippen LogP contribution is 2.21. The van der Waals surface area contributed by atoms with Gasteiger partial charge in [0.1, 0.15) is 11.0 Å². The molecule has 1 aromatic carbocycles. The van der Waals surface area contributed by atoms with Crippen LogP contribution in [0.1, 0.15) is 5.56 Å². The van der Waals surface area contributed by atoms with E-state index in [9.17, 15) is 0 Å². The van der Waals surface area contributed by atoms with E-state index in [1.165, 1.54) is 4.85 Å². The van der Waals surface area contributed by atoms with Crippen LogP contribution >= 0.6 is 34.2 Å². The average Bonchev–Trinajstić information content (AvgIpc) is 2.62. The summed E-state index contributed by atoms with van der Waals surface area (Å²) < 4.78 is -0.390. The Morgan fingerprint density at radius 3 is 3.06 bits per heavy atom. The number of terminal acetylenes is 1.